The van der Waals surface area contributed by atoms with Crippen LogP contribution in [0.3, 0.4) is 0 Å². The highest BCUT2D eigenvalue weighted by Gasteiger charge is 2.27. The lowest BCUT2D eigenvalue weighted by Crippen LogP contribution is -2.45. The monoisotopic (exact) mass is 519 g/mol. The summed E-state index contributed by atoms with van der Waals surface area (Å²) in [7, 11) is 0. The lowest BCUT2D eigenvalue weighted by atomic mass is 9.95. The predicted molar refractivity (Wildman–Crippen MR) is 142 cm³/mol. The molecule has 2 aromatic heterocycles. The second-order valence-corrected chi connectivity index (χ2v) is 10.2. The largest absolute Gasteiger partial charge is 0.356 e. The van der Waals surface area contributed by atoms with Crippen LogP contribution in [-0.4, -0.2) is 68.6 Å². The minimum atomic E-state index is -0.506. The van der Waals surface area contributed by atoms with E-state index in [1.807, 2.05) is 26.8 Å². The van der Waals surface area contributed by atoms with Crippen LogP contribution in [0.5, 0.6) is 0 Å². The third-order valence-electron chi connectivity index (χ3n) is 6.20. The van der Waals surface area contributed by atoms with Gasteiger partial charge in [-0.1, -0.05) is 20.8 Å². The molecule has 4 rings (SSSR count). The molecule has 0 spiro atoms. The van der Waals surface area contributed by atoms with Crippen LogP contribution in [0.25, 0.3) is 5.82 Å². The SMILES string of the molecule is CC(C)(C)C(=O)Nc1ccc(C(=O)NCCNC(=O)C2CCCN(c3cc(-n4cncn4)ncn3)C2)cc1. The zero-order valence-electron chi connectivity index (χ0n) is 21.8. The number of hydrogen-bond donors (Lipinski definition) is 3. The molecule has 1 atom stereocenters. The number of rotatable bonds is 8. The first-order valence-electron chi connectivity index (χ1n) is 12.6. The number of benzene rings is 1. The molecule has 3 amide bonds. The molecule has 12 heteroatoms. The van der Waals surface area contributed by atoms with Crippen molar-refractivity contribution in [1.29, 1.82) is 0 Å². The van der Waals surface area contributed by atoms with Gasteiger partial charge in [-0.2, -0.15) is 5.10 Å². The van der Waals surface area contributed by atoms with Gasteiger partial charge in [-0.05, 0) is 37.1 Å². The van der Waals surface area contributed by atoms with Gasteiger partial charge in [-0.15, -0.1) is 0 Å². The van der Waals surface area contributed by atoms with Crippen LogP contribution in [0.1, 0.15) is 44.0 Å². The second kappa shape index (κ2) is 11.8. The van der Waals surface area contributed by atoms with Gasteiger partial charge >= 0.3 is 0 Å². The number of aromatic nitrogens is 5. The van der Waals surface area contributed by atoms with E-state index in [1.54, 1.807) is 35.3 Å². The van der Waals surface area contributed by atoms with Gasteiger partial charge in [0.2, 0.25) is 11.8 Å². The van der Waals surface area contributed by atoms with Gasteiger partial charge < -0.3 is 20.9 Å². The molecule has 0 radical (unpaired) electrons. The number of piperidine rings is 1. The van der Waals surface area contributed by atoms with Crippen molar-refractivity contribution in [1.82, 2.24) is 35.4 Å². The third-order valence-corrected chi connectivity index (χ3v) is 6.20. The molecule has 200 valence electrons. The van der Waals surface area contributed by atoms with Gasteiger partial charge in [-0.25, -0.2) is 19.6 Å². The Morgan fingerprint density at radius 1 is 1.00 bits per heavy atom. The fraction of sp³-hybridized carbons (Fsp3) is 0.423. The highest BCUT2D eigenvalue weighted by atomic mass is 16.2. The summed E-state index contributed by atoms with van der Waals surface area (Å²) in [5, 5.41) is 12.7. The normalized spacial score (nSPS) is 15.6. The lowest BCUT2D eigenvalue weighted by molar-refractivity contribution is -0.125. The van der Waals surface area contributed by atoms with E-state index in [2.05, 4.69) is 40.9 Å². The van der Waals surface area contributed by atoms with Gasteiger partial charge in [0.25, 0.3) is 5.91 Å². The Hall–Kier alpha value is -4.35. The Morgan fingerprint density at radius 2 is 1.74 bits per heavy atom. The second-order valence-electron chi connectivity index (χ2n) is 10.2. The summed E-state index contributed by atoms with van der Waals surface area (Å²) < 4.78 is 1.56. The van der Waals surface area contributed by atoms with Crippen LogP contribution in [0.4, 0.5) is 11.5 Å². The summed E-state index contributed by atoms with van der Waals surface area (Å²) in [6.45, 7) is 7.48. The van der Waals surface area contributed by atoms with Gasteiger partial charge in [0.1, 0.15) is 24.8 Å². The molecule has 0 aliphatic carbocycles. The van der Waals surface area contributed by atoms with Crippen molar-refractivity contribution in [3.63, 3.8) is 0 Å². The zero-order valence-corrected chi connectivity index (χ0v) is 21.8. The minimum Gasteiger partial charge on any atom is -0.356 e. The quantitative estimate of drug-likeness (QED) is 0.382. The number of nitrogens with zero attached hydrogens (tertiary/aromatic N) is 6. The highest BCUT2D eigenvalue weighted by molar-refractivity contribution is 5.97. The van der Waals surface area contributed by atoms with E-state index in [1.165, 1.54) is 12.7 Å². The maximum atomic E-state index is 12.8. The topological polar surface area (TPSA) is 147 Å². The highest BCUT2D eigenvalue weighted by Crippen LogP contribution is 2.22. The minimum absolute atomic E-state index is 0.0477. The average molecular weight is 520 g/mol. The van der Waals surface area contributed by atoms with E-state index < -0.39 is 5.41 Å². The first-order valence-corrected chi connectivity index (χ1v) is 12.6. The Balaban J connectivity index is 1.22. The summed E-state index contributed by atoms with van der Waals surface area (Å²) in [5.41, 5.74) is 0.601. The fourth-order valence-electron chi connectivity index (χ4n) is 3.99. The van der Waals surface area contributed by atoms with Crippen molar-refractivity contribution in [2.45, 2.75) is 33.6 Å². The van der Waals surface area contributed by atoms with Gasteiger partial charge in [-0.3, -0.25) is 14.4 Å². The molecular weight excluding hydrogens is 486 g/mol. The van der Waals surface area contributed by atoms with Crippen LogP contribution in [0, 0.1) is 11.3 Å². The van der Waals surface area contributed by atoms with E-state index >= 15 is 0 Å². The van der Waals surface area contributed by atoms with E-state index in [4.69, 9.17) is 0 Å². The molecule has 1 saturated heterocycles. The number of nitrogens with one attached hydrogen (secondary N) is 3. The molecule has 38 heavy (non-hydrogen) atoms. The maximum absolute atomic E-state index is 12.8. The molecule has 1 aromatic carbocycles. The van der Waals surface area contributed by atoms with Gasteiger partial charge in [0.05, 0.1) is 5.92 Å². The van der Waals surface area contributed by atoms with Crippen molar-refractivity contribution < 1.29 is 14.4 Å². The van der Waals surface area contributed by atoms with Crippen molar-refractivity contribution in [3.05, 3.63) is 54.9 Å². The van der Waals surface area contributed by atoms with Crippen LogP contribution >= 0.6 is 0 Å². The summed E-state index contributed by atoms with van der Waals surface area (Å²) in [5.74, 6) is 0.774. The third kappa shape index (κ3) is 6.90. The molecule has 1 fully saturated rings. The average Bonchev–Trinajstić information content (AvgIpc) is 3.46. The smallest absolute Gasteiger partial charge is 0.251 e. The van der Waals surface area contributed by atoms with Crippen LogP contribution in [0.2, 0.25) is 0 Å². The van der Waals surface area contributed by atoms with E-state index in [0.29, 0.717) is 36.7 Å². The molecule has 3 N–H and O–H groups in total. The van der Waals surface area contributed by atoms with Crippen LogP contribution < -0.4 is 20.9 Å². The first-order chi connectivity index (χ1) is 18.2. The van der Waals surface area contributed by atoms with E-state index in [0.717, 1.165) is 25.2 Å². The van der Waals surface area contributed by atoms with Gasteiger partial charge in [0.15, 0.2) is 5.82 Å². The summed E-state index contributed by atoms with van der Waals surface area (Å²) in [6.07, 6.45) is 6.14. The van der Waals surface area contributed by atoms with Crippen molar-refractivity contribution in [3.8, 4) is 5.82 Å². The van der Waals surface area contributed by atoms with Crippen LogP contribution in [-0.2, 0) is 9.59 Å². The van der Waals surface area contributed by atoms with Crippen molar-refractivity contribution in [2.75, 3.05) is 36.4 Å². The summed E-state index contributed by atoms with van der Waals surface area (Å²) in [4.78, 5) is 52.0. The Bertz CT molecular complexity index is 1250. The molecule has 1 aliphatic heterocycles. The predicted octanol–water partition coefficient (Wildman–Crippen LogP) is 1.80. The number of anilines is 2. The molecule has 3 heterocycles. The van der Waals surface area contributed by atoms with E-state index in [-0.39, 0.29) is 23.6 Å². The molecule has 1 unspecified atom stereocenters. The van der Waals surface area contributed by atoms with Crippen molar-refractivity contribution >= 4 is 29.2 Å². The summed E-state index contributed by atoms with van der Waals surface area (Å²) in [6, 6.07) is 8.54. The molecule has 3 aromatic rings. The first kappa shape index (κ1) is 26.7. The van der Waals surface area contributed by atoms with Gasteiger partial charge in [0, 0.05) is 48.9 Å². The molecule has 12 nitrogen and oxygen atoms in total. The Kier molecular flexibility index (Phi) is 8.29. The van der Waals surface area contributed by atoms with E-state index in [9.17, 15) is 14.4 Å². The lowest BCUT2D eigenvalue weighted by Gasteiger charge is -2.32. The Labute approximate surface area is 221 Å². The number of amides is 3. The molecule has 0 bridgehead atoms. The zero-order chi connectivity index (χ0) is 27.1. The van der Waals surface area contributed by atoms with Crippen molar-refractivity contribution in [2.24, 2.45) is 11.3 Å². The molecule has 1 aliphatic rings. The standard InChI is InChI=1S/C26H33N9O3/c1-26(2,3)25(38)33-20-8-6-18(7-9-20)23(36)28-10-11-29-24(37)19-5-4-12-34(14-19)21-13-22(31-16-30-21)35-17-27-15-32-35/h6-9,13,15-17,19H,4-5,10-12,14H2,1-3H3,(H,28,36)(H,29,37)(H,33,38). The maximum Gasteiger partial charge on any atom is 0.251 e. The number of hydrogen-bond acceptors (Lipinski definition) is 8. The fourth-order valence-corrected chi connectivity index (χ4v) is 3.99. The number of carbonyl (C=O) groups is 3. The Morgan fingerprint density at radius 3 is 2.45 bits per heavy atom. The molecular formula is C26H33N9O3. The molecule has 0 saturated carbocycles. The van der Waals surface area contributed by atoms with Crippen LogP contribution in [0.15, 0.2) is 49.3 Å². The number of carbonyl (C=O) groups excluding carboxylic acids is 3. The summed E-state index contributed by atoms with van der Waals surface area (Å²) >= 11 is 0.